The van der Waals surface area contributed by atoms with Gasteiger partial charge in [-0.05, 0) is 38.8 Å². The lowest BCUT2D eigenvalue weighted by Gasteiger charge is -2.05. The third-order valence-corrected chi connectivity index (χ3v) is 2.71. The zero-order valence-electron chi connectivity index (χ0n) is 10.6. The second-order valence-electron chi connectivity index (χ2n) is 3.86. The predicted octanol–water partition coefficient (Wildman–Crippen LogP) is 2.68. The van der Waals surface area contributed by atoms with Crippen LogP contribution in [0.2, 0.25) is 0 Å². The fraction of sp³-hybridized carbons (Fsp3) is 0.538. The molecule has 88 valence electrons. The van der Waals surface area contributed by atoms with E-state index in [0.717, 1.165) is 29.9 Å². The molecule has 0 amide bonds. The Balaban J connectivity index is 2.84. The molecular weight excluding hydrogens is 200 g/mol. The molecule has 0 saturated carbocycles. The molecular formula is C13H20N2O. The summed E-state index contributed by atoms with van der Waals surface area (Å²) < 4.78 is 1.90. The van der Waals surface area contributed by atoms with E-state index in [1.54, 1.807) is 0 Å². The number of carbonyl (C=O) groups excluding carboxylic acids is 1. The molecule has 0 saturated heterocycles. The number of carbonyl (C=O) groups is 1. The maximum absolute atomic E-state index is 11.9. The Morgan fingerprint density at radius 3 is 2.69 bits per heavy atom. The van der Waals surface area contributed by atoms with Gasteiger partial charge in [-0.2, -0.15) is 5.10 Å². The fourth-order valence-corrected chi connectivity index (χ4v) is 1.86. The fourth-order valence-electron chi connectivity index (χ4n) is 1.86. The summed E-state index contributed by atoms with van der Waals surface area (Å²) in [5.74, 6) is 0.208. The van der Waals surface area contributed by atoms with Crippen LogP contribution < -0.4 is 0 Å². The van der Waals surface area contributed by atoms with Crippen LogP contribution in [-0.4, -0.2) is 15.6 Å². The molecule has 3 heteroatoms. The highest BCUT2D eigenvalue weighted by atomic mass is 16.1. The van der Waals surface area contributed by atoms with Crippen molar-refractivity contribution in [1.82, 2.24) is 9.78 Å². The summed E-state index contributed by atoms with van der Waals surface area (Å²) in [6.45, 7) is 8.73. The van der Waals surface area contributed by atoms with E-state index in [-0.39, 0.29) is 5.78 Å². The Labute approximate surface area is 97.2 Å². The van der Waals surface area contributed by atoms with Crippen molar-refractivity contribution in [3.8, 4) is 0 Å². The Hall–Kier alpha value is -1.38. The van der Waals surface area contributed by atoms with E-state index in [2.05, 4.69) is 5.10 Å². The largest absolute Gasteiger partial charge is 0.294 e. The first kappa shape index (κ1) is 12.7. The molecule has 0 atom stereocenters. The van der Waals surface area contributed by atoms with Crippen molar-refractivity contribution in [2.24, 2.45) is 0 Å². The van der Waals surface area contributed by atoms with Gasteiger partial charge in [0, 0.05) is 12.2 Å². The van der Waals surface area contributed by atoms with Crippen molar-refractivity contribution in [3.63, 3.8) is 0 Å². The minimum Gasteiger partial charge on any atom is -0.294 e. The molecule has 0 fully saturated rings. The molecule has 0 aromatic carbocycles. The predicted molar refractivity (Wildman–Crippen MR) is 65.4 cm³/mol. The summed E-state index contributed by atoms with van der Waals surface area (Å²) in [7, 11) is 0. The van der Waals surface area contributed by atoms with Gasteiger partial charge in [0.1, 0.15) is 0 Å². The van der Waals surface area contributed by atoms with E-state index in [9.17, 15) is 4.79 Å². The van der Waals surface area contributed by atoms with E-state index in [0.29, 0.717) is 6.42 Å². The zero-order chi connectivity index (χ0) is 12.1. The number of nitrogens with zero attached hydrogens (tertiary/aromatic N) is 2. The highest BCUT2D eigenvalue weighted by Gasteiger charge is 2.11. The van der Waals surface area contributed by atoms with Crippen molar-refractivity contribution in [3.05, 3.63) is 29.1 Å². The number of aromatic nitrogens is 2. The molecule has 1 rings (SSSR count). The second-order valence-corrected chi connectivity index (χ2v) is 3.86. The standard InChI is InChI=1S/C13H20N2O/c1-5-11(6-2)13(16)9-12-8-10(4)14-15(12)7-3/h5,8H,6-7,9H2,1-4H3. The van der Waals surface area contributed by atoms with Crippen LogP contribution in [0.3, 0.4) is 0 Å². The zero-order valence-corrected chi connectivity index (χ0v) is 10.6. The van der Waals surface area contributed by atoms with Crippen LogP contribution in [0, 0.1) is 6.92 Å². The summed E-state index contributed by atoms with van der Waals surface area (Å²) in [6.07, 6.45) is 3.17. The lowest BCUT2D eigenvalue weighted by molar-refractivity contribution is -0.115. The van der Waals surface area contributed by atoms with Gasteiger partial charge in [0.15, 0.2) is 5.78 Å². The number of hydrogen-bond donors (Lipinski definition) is 0. The molecule has 0 aliphatic rings. The van der Waals surface area contributed by atoms with E-state index in [1.165, 1.54) is 0 Å². The Bertz CT molecular complexity index is 402. The van der Waals surface area contributed by atoms with E-state index in [1.807, 2.05) is 44.5 Å². The molecule has 1 heterocycles. The van der Waals surface area contributed by atoms with Crippen LogP contribution in [0.15, 0.2) is 17.7 Å². The van der Waals surface area contributed by atoms with Crippen LogP contribution >= 0.6 is 0 Å². The smallest absolute Gasteiger partial charge is 0.164 e. The van der Waals surface area contributed by atoms with Gasteiger partial charge in [0.05, 0.1) is 12.1 Å². The van der Waals surface area contributed by atoms with Crippen LogP contribution in [0.1, 0.15) is 38.6 Å². The van der Waals surface area contributed by atoms with Gasteiger partial charge in [0.2, 0.25) is 0 Å². The molecule has 16 heavy (non-hydrogen) atoms. The molecule has 1 aromatic heterocycles. The molecule has 0 aliphatic carbocycles. The monoisotopic (exact) mass is 220 g/mol. The van der Waals surface area contributed by atoms with E-state index in [4.69, 9.17) is 0 Å². The number of aryl methyl sites for hydroxylation is 2. The normalized spacial score (nSPS) is 11.9. The maximum atomic E-state index is 11.9. The average molecular weight is 220 g/mol. The van der Waals surface area contributed by atoms with Gasteiger partial charge >= 0.3 is 0 Å². The first-order chi connectivity index (χ1) is 7.62. The molecule has 0 N–H and O–H groups in total. The van der Waals surface area contributed by atoms with Gasteiger partial charge in [-0.3, -0.25) is 9.48 Å². The van der Waals surface area contributed by atoms with Crippen molar-refractivity contribution in [2.45, 2.75) is 47.1 Å². The van der Waals surface area contributed by atoms with Crippen molar-refractivity contribution >= 4 is 5.78 Å². The van der Waals surface area contributed by atoms with Crippen LogP contribution in [0.25, 0.3) is 0 Å². The lowest BCUT2D eigenvalue weighted by atomic mass is 10.0. The summed E-state index contributed by atoms with van der Waals surface area (Å²) in [5, 5.41) is 4.34. The van der Waals surface area contributed by atoms with Crippen LogP contribution in [0.4, 0.5) is 0 Å². The van der Waals surface area contributed by atoms with Crippen LogP contribution in [-0.2, 0) is 17.8 Å². The highest BCUT2D eigenvalue weighted by molar-refractivity contribution is 5.96. The van der Waals surface area contributed by atoms with Crippen molar-refractivity contribution in [1.29, 1.82) is 0 Å². The maximum Gasteiger partial charge on any atom is 0.164 e. The SMILES string of the molecule is CC=C(CC)C(=O)Cc1cc(C)nn1CC. The second kappa shape index (κ2) is 5.64. The van der Waals surface area contributed by atoms with E-state index < -0.39 is 0 Å². The Morgan fingerprint density at radius 2 is 2.19 bits per heavy atom. The number of rotatable bonds is 5. The van der Waals surface area contributed by atoms with Gasteiger partial charge in [0.25, 0.3) is 0 Å². The molecule has 0 spiro atoms. The summed E-state index contributed by atoms with van der Waals surface area (Å²) >= 11 is 0. The molecule has 0 bridgehead atoms. The average Bonchev–Trinajstić information content (AvgIpc) is 2.60. The Kier molecular flexibility index (Phi) is 4.47. The minimum absolute atomic E-state index is 0.208. The van der Waals surface area contributed by atoms with Crippen molar-refractivity contribution < 1.29 is 4.79 Å². The number of Topliss-reactive ketones (excluding diaryl/α,β-unsaturated/α-hetero) is 1. The molecule has 0 unspecified atom stereocenters. The molecule has 3 nitrogen and oxygen atoms in total. The van der Waals surface area contributed by atoms with Crippen molar-refractivity contribution in [2.75, 3.05) is 0 Å². The number of allylic oxidation sites excluding steroid dienone is 2. The lowest BCUT2D eigenvalue weighted by Crippen LogP contribution is -2.11. The number of ketones is 1. The first-order valence-electron chi connectivity index (χ1n) is 5.84. The third-order valence-electron chi connectivity index (χ3n) is 2.71. The molecule has 1 aromatic rings. The van der Waals surface area contributed by atoms with Gasteiger partial charge < -0.3 is 0 Å². The minimum atomic E-state index is 0.208. The third kappa shape index (κ3) is 2.81. The molecule has 0 radical (unpaired) electrons. The number of hydrogen-bond acceptors (Lipinski definition) is 2. The summed E-state index contributed by atoms with van der Waals surface area (Å²) in [5.41, 5.74) is 2.89. The highest BCUT2D eigenvalue weighted by Crippen LogP contribution is 2.10. The summed E-state index contributed by atoms with van der Waals surface area (Å²) in [6, 6.07) is 1.99. The summed E-state index contributed by atoms with van der Waals surface area (Å²) in [4.78, 5) is 11.9. The topological polar surface area (TPSA) is 34.9 Å². The first-order valence-corrected chi connectivity index (χ1v) is 5.84. The Morgan fingerprint density at radius 1 is 1.50 bits per heavy atom. The van der Waals surface area contributed by atoms with Crippen LogP contribution in [0.5, 0.6) is 0 Å². The van der Waals surface area contributed by atoms with E-state index >= 15 is 0 Å². The van der Waals surface area contributed by atoms with Gasteiger partial charge in [-0.25, -0.2) is 0 Å². The quantitative estimate of drug-likeness (QED) is 0.715. The van der Waals surface area contributed by atoms with Gasteiger partial charge in [-0.15, -0.1) is 0 Å². The molecule has 0 aliphatic heterocycles. The van der Waals surface area contributed by atoms with Gasteiger partial charge in [-0.1, -0.05) is 13.0 Å².